The van der Waals surface area contributed by atoms with Gasteiger partial charge in [0.15, 0.2) is 0 Å². The minimum absolute atomic E-state index is 0.132. The fourth-order valence-corrected chi connectivity index (χ4v) is 2.18. The molecule has 0 heterocycles. The first kappa shape index (κ1) is 12.2. The van der Waals surface area contributed by atoms with Crippen LogP contribution < -0.4 is 0 Å². The number of halogens is 2. The van der Waals surface area contributed by atoms with Gasteiger partial charge in [-0.15, -0.1) is 0 Å². The van der Waals surface area contributed by atoms with E-state index in [-0.39, 0.29) is 12.2 Å². The van der Waals surface area contributed by atoms with Gasteiger partial charge in [-0.25, -0.2) is 0 Å². The van der Waals surface area contributed by atoms with E-state index in [1.54, 1.807) is 0 Å². The van der Waals surface area contributed by atoms with E-state index in [1.807, 2.05) is 26.0 Å². The highest BCUT2D eigenvalue weighted by molar-refractivity contribution is 9.10. The van der Waals surface area contributed by atoms with Crippen molar-refractivity contribution in [3.63, 3.8) is 0 Å². The molecule has 1 atom stereocenters. The van der Waals surface area contributed by atoms with Crippen LogP contribution in [0.5, 0.6) is 0 Å². The number of hydrogen-bond donors (Lipinski definition) is 0. The Hall–Kier alpha value is 0.140. The first-order valence-electron chi connectivity index (χ1n) is 4.60. The van der Waals surface area contributed by atoms with Crippen LogP contribution in [0, 0.1) is 0 Å². The molecule has 0 fully saturated rings. The monoisotopic (exact) mass is 320 g/mol. The summed E-state index contributed by atoms with van der Waals surface area (Å²) in [7, 11) is 0. The van der Waals surface area contributed by atoms with Gasteiger partial charge in [-0.1, -0.05) is 44.0 Å². The van der Waals surface area contributed by atoms with Crippen LogP contribution in [0.15, 0.2) is 28.7 Å². The van der Waals surface area contributed by atoms with Crippen molar-refractivity contribution in [3.8, 4) is 0 Å². The van der Waals surface area contributed by atoms with Crippen molar-refractivity contribution in [1.29, 1.82) is 0 Å². The smallest absolute Gasteiger partial charge is 0.0925 e. The summed E-state index contributed by atoms with van der Waals surface area (Å²) in [4.78, 5) is 0. The van der Waals surface area contributed by atoms with Crippen LogP contribution in [-0.4, -0.2) is 11.4 Å². The third-order valence-electron chi connectivity index (χ3n) is 1.80. The van der Waals surface area contributed by atoms with Gasteiger partial charge in [0.25, 0.3) is 0 Å². The molecule has 0 aromatic heterocycles. The fourth-order valence-electron chi connectivity index (χ4n) is 1.24. The van der Waals surface area contributed by atoms with Crippen LogP contribution in [0.4, 0.5) is 0 Å². The van der Waals surface area contributed by atoms with Gasteiger partial charge in [0.2, 0.25) is 0 Å². The number of benzene rings is 1. The number of ether oxygens (including phenoxy) is 1. The Labute approximate surface area is 102 Å². The molecule has 1 unspecified atom stereocenters. The Bertz CT molecular complexity index is 286. The van der Waals surface area contributed by atoms with E-state index in [2.05, 4.69) is 44.0 Å². The summed E-state index contributed by atoms with van der Waals surface area (Å²) in [6.07, 6.45) is 0.379. The van der Waals surface area contributed by atoms with Crippen molar-refractivity contribution in [2.24, 2.45) is 0 Å². The molecule has 0 aliphatic heterocycles. The topological polar surface area (TPSA) is 9.23 Å². The molecule has 0 amide bonds. The quantitative estimate of drug-likeness (QED) is 0.751. The molecule has 0 radical (unpaired) electrons. The van der Waals surface area contributed by atoms with E-state index in [9.17, 15) is 0 Å². The molecule has 3 heteroatoms. The van der Waals surface area contributed by atoms with Crippen LogP contribution in [-0.2, 0) is 4.74 Å². The second-order valence-electron chi connectivity index (χ2n) is 3.38. The zero-order valence-electron chi connectivity index (χ0n) is 8.34. The van der Waals surface area contributed by atoms with Crippen molar-refractivity contribution >= 4 is 31.9 Å². The lowest BCUT2D eigenvalue weighted by Crippen LogP contribution is -2.11. The zero-order valence-corrected chi connectivity index (χ0v) is 11.5. The van der Waals surface area contributed by atoms with Crippen LogP contribution in [0.1, 0.15) is 25.5 Å². The van der Waals surface area contributed by atoms with Gasteiger partial charge >= 0.3 is 0 Å². The largest absolute Gasteiger partial charge is 0.370 e. The van der Waals surface area contributed by atoms with Gasteiger partial charge in [-0.3, -0.25) is 0 Å². The molecule has 14 heavy (non-hydrogen) atoms. The lowest BCUT2D eigenvalue weighted by atomic mass is 10.1. The Kier molecular flexibility index (Phi) is 5.13. The fraction of sp³-hybridized carbons (Fsp3) is 0.455. The standard InChI is InChI=1S/C11H14Br2O/c1-8(2)14-11(7-12)9-4-3-5-10(13)6-9/h3-6,8,11H,7H2,1-2H3. The summed E-state index contributed by atoms with van der Waals surface area (Å²) in [5, 5.41) is 0.821. The van der Waals surface area contributed by atoms with Crippen molar-refractivity contribution in [3.05, 3.63) is 34.3 Å². The van der Waals surface area contributed by atoms with Gasteiger partial charge in [0, 0.05) is 9.80 Å². The van der Waals surface area contributed by atoms with Crippen LogP contribution in [0.2, 0.25) is 0 Å². The molecule has 0 N–H and O–H groups in total. The minimum Gasteiger partial charge on any atom is -0.370 e. The summed E-state index contributed by atoms with van der Waals surface area (Å²) in [5.41, 5.74) is 1.20. The van der Waals surface area contributed by atoms with Gasteiger partial charge in [-0.05, 0) is 31.5 Å². The molecular formula is C11H14Br2O. The van der Waals surface area contributed by atoms with Gasteiger partial charge in [0.1, 0.15) is 0 Å². The third-order valence-corrected chi connectivity index (χ3v) is 2.88. The molecule has 78 valence electrons. The molecule has 0 saturated carbocycles. The molecule has 0 aliphatic rings. The first-order chi connectivity index (χ1) is 6.63. The molecular weight excluding hydrogens is 308 g/mol. The first-order valence-corrected chi connectivity index (χ1v) is 6.52. The van der Waals surface area contributed by atoms with Gasteiger partial charge in [0.05, 0.1) is 12.2 Å². The molecule has 1 aromatic carbocycles. The molecule has 0 aliphatic carbocycles. The summed E-state index contributed by atoms with van der Waals surface area (Å²) in [6.45, 7) is 4.10. The maximum absolute atomic E-state index is 5.77. The lowest BCUT2D eigenvalue weighted by molar-refractivity contribution is 0.0214. The Morgan fingerprint density at radius 3 is 2.57 bits per heavy atom. The SMILES string of the molecule is CC(C)OC(CBr)c1cccc(Br)c1. The number of hydrogen-bond acceptors (Lipinski definition) is 1. The van der Waals surface area contributed by atoms with Crippen LogP contribution in [0.25, 0.3) is 0 Å². The molecule has 1 nitrogen and oxygen atoms in total. The van der Waals surface area contributed by atoms with E-state index < -0.39 is 0 Å². The Balaban J connectivity index is 2.78. The molecule has 1 rings (SSSR count). The molecule has 0 bridgehead atoms. The van der Waals surface area contributed by atoms with Crippen molar-refractivity contribution in [2.75, 3.05) is 5.33 Å². The van der Waals surface area contributed by atoms with Crippen LogP contribution in [0.3, 0.4) is 0 Å². The van der Waals surface area contributed by atoms with E-state index in [4.69, 9.17) is 4.74 Å². The second kappa shape index (κ2) is 5.89. The lowest BCUT2D eigenvalue weighted by Gasteiger charge is -2.18. The van der Waals surface area contributed by atoms with Crippen molar-refractivity contribution < 1.29 is 4.74 Å². The highest BCUT2D eigenvalue weighted by atomic mass is 79.9. The second-order valence-corrected chi connectivity index (χ2v) is 4.95. The van der Waals surface area contributed by atoms with Crippen molar-refractivity contribution in [1.82, 2.24) is 0 Å². The van der Waals surface area contributed by atoms with E-state index >= 15 is 0 Å². The summed E-state index contributed by atoms with van der Waals surface area (Å²) >= 11 is 6.92. The van der Waals surface area contributed by atoms with Gasteiger partial charge in [-0.2, -0.15) is 0 Å². The third kappa shape index (κ3) is 3.71. The molecule has 0 spiro atoms. The number of alkyl halides is 1. The zero-order chi connectivity index (χ0) is 10.6. The maximum Gasteiger partial charge on any atom is 0.0925 e. The maximum atomic E-state index is 5.77. The summed E-state index contributed by atoms with van der Waals surface area (Å²) in [6, 6.07) is 8.22. The average Bonchev–Trinajstić information content (AvgIpc) is 2.14. The predicted octanol–water partition coefficient (Wildman–Crippen LogP) is 4.31. The predicted molar refractivity (Wildman–Crippen MR) is 66.9 cm³/mol. The average molecular weight is 322 g/mol. The summed E-state index contributed by atoms with van der Waals surface area (Å²) in [5.74, 6) is 0. The minimum atomic E-state index is 0.132. The van der Waals surface area contributed by atoms with E-state index in [0.717, 1.165) is 9.80 Å². The molecule has 1 aromatic rings. The highest BCUT2D eigenvalue weighted by Gasteiger charge is 2.12. The van der Waals surface area contributed by atoms with Crippen molar-refractivity contribution in [2.45, 2.75) is 26.1 Å². The summed E-state index contributed by atoms with van der Waals surface area (Å²) < 4.78 is 6.86. The normalized spacial score (nSPS) is 13.2. The van der Waals surface area contributed by atoms with Gasteiger partial charge < -0.3 is 4.74 Å². The molecule has 0 saturated heterocycles. The van der Waals surface area contributed by atoms with E-state index in [1.165, 1.54) is 5.56 Å². The highest BCUT2D eigenvalue weighted by Crippen LogP contribution is 2.24. The van der Waals surface area contributed by atoms with E-state index in [0.29, 0.717) is 0 Å². The number of rotatable bonds is 4. The Morgan fingerprint density at radius 2 is 2.07 bits per heavy atom. The van der Waals surface area contributed by atoms with Crippen LogP contribution >= 0.6 is 31.9 Å². The Morgan fingerprint density at radius 1 is 1.36 bits per heavy atom.